The first-order chi connectivity index (χ1) is 7.66. The Labute approximate surface area is 102 Å². The summed E-state index contributed by atoms with van der Waals surface area (Å²) in [4.78, 5) is 2.15. The summed E-state index contributed by atoms with van der Waals surface area (Å²) < 4.78 is 26.8. The topological polar surface area (TPSA) is 15.3 Å². The molecule has 88 valence electrons. The third kappa shape index (κ3) is 2.78. The van der Waals surface area contributed by atoms with Crippen LogP contribution < -0.4 is 5.32 Å². The van der Waals surface area contributed by atoms with Crippen LogP contribution in [-0.4, -0.2) is 31.1 Å². The fourth-order valence-corrected chi connectivity index (χ4v) is 2.19. The zero-order valence-corrected chi connectivity index (χ0v) is 10.4. The molecule has 0 saturated carbocycles. The van der Waals surface area contributed by atoms with E-state index in [9.17, 15) is 8.78 Å². The summed E-state index contributed by atoms with van der Waals surface area (Å²) >= 11 is 3.07. The minimum Gasteiger partial charge on any atom is -0.314 e. The summed E-state index contributed by atoms with van der Waals surface area (Å²) in [5.74, 6) is -1.03. The van der Waals surface area contributed by atoms with Gasteiger partial charge in [0.25, 0.3) is 0 Å². The summed E-state index contributed by atoms with van der Waals surface area (Å²) in [6.07, 6.45) is 0. The molecule has 1 heterocycles. The van der Waals surface area contributed by atoms with Crippen molar-refractivity contribution < 1.29 is 8.78 Å². The Morgan fingerprint density at radius 3 is 2.56 bits per heavy atom. The van der Waals surface area contributed by atoms with E-state index in [1.54, 1.807) is 0 Å². The number of hydrogen-bond donors (Lipinski definition) is 1. The van der Waals surface area contributed by atoms with Crippen molar-refractivity contribution in [3.63, 3.8) is 0 Å². The second-order valence-corrected chi connectivity index (χ2v) is 4.74. The average molecular weight is 291 g/mol. The molecule has 5 heteroatoms. The zero-order valence-electron chi connectivity index (χ0n) is 8.77. The Balaban J connectivity index is 2.11. The second-order valence-electron chi connectivity index (χ2n) is 3.88. The van der Waals surface area contributed by atoms with Gasteiger partial charge >= 0.3 is 0 Å². The summed E-state index contributed by atoms with van der Waals surface area (Å²) in [5, 5.41) is 3.23. The molecule has 2 nitrogen and oxygen atoms in total. The van der Waals surface area contributed by atoms with Crippen molar-refractivity contribution in [2.24, 2.45) is 0 Å². The van der Waals surface area contributed by atoms with E-state index >= 15 is 0 Å². The number of rotatable bonds is 2. The van der Waals surface area contributed by atoms with Crippen LogP contribution in [0.15, 0.2) is 16.6 Å². The van der Waals surface area contributed by atoms with Gasteiger partial charge in [0.2, 0.25) is 0 Å². The van der Waals surface area contributed by atoms with Crippen LogP contribution in [0.2, 0.25) is 0 Å². The van der Waals surface area contributed by atoms with E-state index in [4.69, 9.17) is 0 Å². The molecule has 0 aliphatic carbocycles. The summed E-state index contributed by atoms with van der Waals surface area (Å²) in [6.45, 7) is 4.17. The minimum atomic E-state index is -0.554. The van der Waals surface area contributed by atoms with Crippen LogP contribution >= 0.6 is 15.9 Å². The molecular formula is C11H13BrF2N2. The molecule has 0 aromatic heterocycles. The zero-order chi connectivity index (χ0) is 11.5. The molecule has 0 amide bonds. The molecule has 0 radical (unpaired) electrons. The molecule has 1 aromatic rings. The Morgan fingerprint density at radius 1 is 1.19 bits per heavy atom. The normalized spacial score (nSPS) is 17.7. The summed E-state index contributed by atoms with van der Waals surface area (Å²) in [6, 6.07) is 2.45. The predicted molar refractivity (Wildman–Crippen MR) is 62.2 cm³/mol. The lowest BCUT2D eigenvalue weighted by atomic mass is 10.2. The van der Waals surface area contributed by atoms with Crippen LogP contribution in [0.3, 0.4) is 0 Å². The number of nitrogens with zero attached hydrogens (tertiary/aromatic N) is 1. The summed E-state index contributed by atoms with van der Waals surface area (Å²) in [5.41, 5.74) is 0.537. The molecule has 0 unspecified atom stereocenters. The van der Waals surface area contributed by atoms with E-state index in [2.05, 4.69) is 26.1 Å². The third-order valence-corrected chi connectivity index (χ3v) is 3.30. The van der Waals surface area contributed by atoms with E-state index in [0.717, 1.165) is 32.2 Å². The van der Waals surface area contributed by atoms with Gasteiger partial charge in [0.15, 0.2) is 0 Å². The quantitative estimate of drug-likeness (QED) is 0.840. The molecule has 0 spiro atoms. The molecule has 1 aliphatic rings. The highest BCUT2D eigenvalue weighted by molar-refractivity contribution is 9.10. The number of nitrogens with one attached hydrogen (secondary N) is 1. The molecule has 2 rings (SSSR count). The van der Waals surface area contributed by atoms with Crippen molar-refractivity contribution in [3.05, 3.63) is 33.8 Å². The first kappa shape index (κ1) is 12.0. The van der Waals surface area contributed by atoms with E-state index < -0.39 is 11.6 Å². The maximum atomic E-state index is 13.5. The van der Waals surface area contributed by atoms with Crippen LogP contribution in [0.25, 0.3) is 0 Å². The minimum absolute atomic E-state index is 0.319. The fraction of sp³-hybridized carbons (Fsp3) is 0.455. The van der Waals surface area contributed by atoms with Gasteiger partial charge in [0, 0.05) is 44.4 Å². The van der Waals surface area contributed by atoms with Crippen molar-refractivity contribution in [3.8, 4) is 0 Å². The molecule has 0 bridgehead atoms. The molecule has 1 fully saturated rings. The van der Waals surface area contributed by atoms with Gasteiger partial charge in [-0.2, -0.15) is 0 Å². The van der Waals surface area contributed by atoms with Crippen molar-refractivity contribution in [1.29, 1.82) is 0 Å². The van der Waals surface area contributed by atoms with Gasteiger partial charge in [-0.15, -0.1) is 0 Å². The lowest BCUT2D eigenvalue weighted by molar-refractivity contribution is 0.230. The molecule has 1 saturated heterocycles. The Morgan fingerprint density at radius 2 is 1.88 bits per heavy atom. The Kier molecular flexibility index (Phi) is 3.89. The van der Waals surface area contributed by atoms with Gasteiger partial charge in [0.05, 0.1) is 4.47 Å². The number of benzene rings is 1. The van der Waals surface area contributed by atoms with Gasteiger partial charge in [-0.3, -0.25) is 4.90 Å². The lowest BCUT2D eigenvalue weighted by Gasteiger charge is -2.27. The summed E-state index contributed by atoms with van der Waals surface area (Å²) in [7, 11) is 0. The smallest absolute Gasteiger partial charge is 0.140 e. The van der Waals surface area contributed by atoms with Crippen LogP contribution in [0.4, 0.5) is 8.78 Å². The van der Waals surface area contributed by atoms with Crippen molar-refractivity contribution >= 4 is 15.9 Å². The van der Waals surface area contributed by atoms with Crippen LogP contribution in [0, 0.1) is 11.6 Å². The second kappa shape index (κ2) is 5.21. The molecule has 1 N–H and O–H groups in total. The Hall–Kier alpha value is -0.520. The van der Waals surface area contributed by atoms with E-state index in [1.807, 2.05) is 0 Å². The van der Waals surface area contributed by atoms with Crippen molar-refractivity contribution in [1.82, 2.24) is 10.2 Å². The van der Waals surface area contributed by atoms with Crippen molar-refractivity contribution in [2.75, 3.05) is 26.2 Å². The molecule has 0 atom stereocenters. The molecule has 1 aliphatic heterocycles. The van der Waals surface area contributed by atoms with E-state index in [1.165, 1.54) is 6.07 Å². The molecular weight excluding hydrogens is 278 g/mol. The standard InChI is InChI=1S/C11H13BrF2N2/c12-9-5-8(10(13)6-11(9)14)7-16-3-1-15-2-4-16/h5-6,15H,1-4,7H2. The van der Waals surface area contributed by atoms with Crippen LogP contribution in [-0.2, 0) is 6.54 Å². The highest BCUT2D eigenvalue weighted by atomic mass is 79.9. The highest BCUT2D eigenvalue weighted by Crippen LogP contribution is 2.21. The predicted octanol–water partition coefficient (Wildman–Crippen LogP) is 2.13. The van der Waals surface area contributed by atoms with E-state index in [-0.39, 0.29) is 0 Å². The van der Waals surface area contributed by atoms with Gasteiger partial charge in [-0.1, -0.05) is 0 Å². The monoisotopic (exact) mass is 290 g/mol. The highest BCUT2D eigenvalue weighted by Gasteiger charge is 2.14. The fourth-order valence-electron chi connectivity index (χ4n) is 1.80. The average Bonchev–Trinajstić information content (AvgIpc) is 2.27. The maximum Gasteiger partial charge on any atom is 0.140 e. The molecule has 1 aromatic carbocycles. The SMILES string of the molecule is Fc1cc(F)c(CN2CCNCC2)cc1Br. The number of piperazine rings is 1. The van der Waals surface area contributed by atoms with Crippen molar-refractivity contribution in [2.45, 2.75) is 6.54 Å². The third-order valence-electron chi connectivity index (χ3n) is 2.69. The largest absolute Gasteiger partial charge is 0.314 e. The van der Waals surface area contributed by atoms with Gasteiger partial charge in [0.1, 0.15) is 11.6 Å². The van der Waals surface area contributed by atoms with Crippen LogP contribution in [0.1, 0.15) is 5.56 Å². The number of hydrogen-bond acceptors (Lipinski definition) is 2. The first-order valence-electron chi connectivity index (χ1n) is 5.23. The maximum absolute atomic E-state index is 13.5. The lowest BCUT2D eigenvalue weighted by Crippen LogP contribution is -2.43. The van der Waals surface area contributed by atoms with Gasteiger partial charge in [-0.25, -0.2) is 8.78 Å². The molecule has 16 heavy (non-hydrogen) atoms. The Bertz CT molecular complexity index is 378. The first-order valence-corrected chi connectivity index (χ1v) is 6.02. The van der Waals surface area contributed by atoms with Gasteiger partial charge in [-0.05, 0) is 22.0 Å². The van der Waals surface area contributed by atoms with E-state index in [0.29, 0.717) is 16.6 Å². The van der Waals surface area contributed by atoms with Gasteiger partial charge < -0.3 is 5.32 Å². The number of halogens is 3. The van der Waals surface area contributed by atoms with Crippen LogP contribution in [0.5, 0.6) is 0 Å².